The second kappa shape index (κ2) is 11.3. The highest BCUT2D eigenvalue weighted by atomic mass is 127. The summed E-state index contributed by atoms with van der Waals surface area (Å²) in [7, 11) is 0. The molecule has 3 heterocycles. The number of hydrogen-bond acceptors (Lipinski definition) is 9. The van der Waals surface area contributed by atoms with Crippen LogP contribution >= 0.6 is 22.6 Å². The number of nitrogens with zero attached hydrogens (tertiary/aromatic N) is 4. The Kier molecular flexibility index (Phi) is 8.50. The lowest BCUT2D eigenvalue weighted by atomic mass is 10.0. The lowest BCUT2D eigenvalue weighted by Crippen LogP contribution is -2.53. The minimum Gasteiger partial charge on any atom is -0.437 e. The zero-order chi connectivity index (χ0) is 26.9. The van der Waals surface area contributed by atoms with Crippen LogP contribution in [0.1, 0.15) is 42.0 Å². The van der Waals surface area contributed by atoms with Gasteiger partial charge in [-0.15, -0.1) is 5.10 Å². The molecular weight excluding hydrogens is 608 g/mol. The van der Waals surface area contributed by atoms with E-state index in [4.69, 9.17) is 4.42 Å². The number of carbonyl (C=O) groups excluding carboxylic acids is 1. The summed E-state index contributed by atoms with van der Waals surface area (Å²) in [4.78, 5) is 15.8. The van der Waals surface area contributed by atoms with Gasteiger partial charge in [0.05, 0.1) is 10.2 Å². The number of alkyl halides is 4. The number of ether oxygens (including phenoxy) is 1. The van der Waals surface area contributed by atoms with Gasteiger partial charge in [0.2, 0.25) is 5.89 Å². The van der Waals surface area contributed by atoms with Crippen molar-refractivity contribution in [1.82, 2.24) is 25.3 Å². The molecule has 0 bridgehead atoms. The van der Waals surface area contributed by atoms with Crippen LogP contribution in [-0.2, 0) is 11.3 Å². The first-order valence-corrected chi connectivity index (χ1v) is 13.2. The zero-order valence-corrected chi connectivity index (χ0v) is 22.8. The molecule has 10 nitrogen and oxygen atoms in total. The lowest BCUT2D eigenvalue weighted by Gasteiger charge is -2.38. The number of benzene rings is 1. The number of rotatable bonds is 6. The van der Waals surface area contributed by atoms with Crippen molar-refractivity contribution in [2.24, 2.45) is 0 Å². The van der Waals surface area contributed by atoms with Crippen LogP contribution in [0.2, 0.25) is 0 Å². The number of aliphatic hydroxyl groups is 1. The fraction of sp³-hybridized carbons (Fsp3) is 0.609. The van der Waals surface area contributed by atoms with Crippen molar-refractivity contribution < 1.29 is 32.2 Å². The summed E-state index contributed by atoms with van der Waals surface area (Å²) in [6.45, 7) is 7.29. The normalized spacial score (nSPS) is 23.8. The molecule has 1 aromatic heterocycles. The van der Waals surface area contributed by atoms with Crippen LogP contribution < -0.4 is 10.6 Å². The number of aryl methyl sites for hydroxylation is 1. The van der Waals surface area contributed by atoms with Crippen molar-refractivity contribution in [3.63, 3.8) is 0 Å². The van der Waals surface area contributed by atoms with Crippen LogP contribution in [0.15, 0.2) is 16.5 Å². The number of amides is 1. The Morgan fingerprint density at radius 1 is 1.35 bits per heavy atom. The number of nitrogens with one attached hydrogen (secondary N) is 2. The molecule has 0 spiro atoms. The maximum atomic E-state index is 12.8. The van der Waals surface area contributed by atoms with Gasteiger partial charge in [-0.05, 0) is 56.5 Å². The average Bonchev–Trinajstić information content (AvgIpc) is 3.44. The van der Waals surface area contributed by atoms with Gasteiger partial charge in [-0.25, -0.2) is 4.79 Å². The third-order valence-corrected chi connectivity index (χ3v) is 7.63. The summed E-state index contributed by atoms with van der Waals surface area (Å²) < 4.78 is 48.3. The van der Waals surface area contributed by atoms with E-state index in [1.54, 1.807) is 0 Å². The second-order valence-corrected chi connectivity index (χ2v) is 10.8. The third-order valence-electron chi connectivity index (χ3n) is 6.57. The van der Waals surface area contributed by atoms with Crippen LogP contribution in [0.5, 0.6) is 0 Å². The number of piperazine rings is 1. The Morgan fingerprint density at radius 3 is 2.76 bits per heavy atom. The molecule has 2 saturated heterocycles. The van der Waals surface area contributed by atoms with Crippen LogP contribution in [0, 0.1) is 13.8 Å². The van der Waals surface area contributed by atoms with Gasteiger partial charge in [0.1, 0.15) is 6.04 Å². The number of anilines is 2. The Hall–Kier alpha value is -2.17. The van der Waals surface area contributed by atoms with Crippen LogP contribution in [-0.4, -0.2) is 79.8 Å². The Morgan fingerprint density at radius 2 is 2.11 bits per heavy atom. The van der Waals surface area contributed by atoms with Crippen molar-refractivity contribution in [3.8, 4) is 0 Å². The highest BCUT2D eigenvalue weighted by Gasteiger charge is 2.41. The molecule has 1 aromatic carbocycles. The van der Waals surface area contributed by atoms with E-state index in [2.05, 4.69) is 59.1 Å². The number of aromatic nitrogens is 2. The van der Waals surface area contributed by atoms with Gasteiger partial charge >= 0.3 is 18.3 Å². The molecule has 3 N–H and O–H groups in total. The van der Waals surface area contributed by atoms with Gasteiger partial charge in [-0.3, -0.25) is 9.80 Å². The first-order chi connectivity index (χ1) is 17.4. The van der Waals surface area contributed by atoms with Crippen molar-refractivity contribution in [2.75, 3.05) is 31.5 Å². The molecule has 4 rings (SSSR count). The molecule has 0 saturated carbocycles. The predicted octanol–water partition coefficient (Wildman–Crippen LogP) is 3.79. The number of carbonyl (C=O) groups is 1. The molecule has 37 heavy (non-hydrogen) atoms. The van der Waals surface area contributed by atoms with Gasteiger partial charge < -0.3 is 24.9 Å². The van der Waals surface area contributed by atoms with E-state index in [0.717, 1.165) is 29.3 Å². The average molecular weight is 638 g/mol. The first kappa shape index (κ1) is 27.9. The predicted molar refractivity (Wildman–Crippen MR) is 137 cm³/mol. The number of hydrogen-bond donors (Lipinski definition) is 3. The van der Waals surface area contributed by atoms with E-state index in [9.17, 15) is 23.1 Å². The topological polar surface area (TPSA) is 116 Å². The quantitative estimate of drug-likeness (QED) is 0.247. The molecule has 1 amide bonds. The third kappa shape index (κ3) is 6.64. The molecule has 4 atom stereocenters. The van der Waals surface area contributed by atoms with E-state index >= 15 is 0 Å². The highest BCUT2D eigenvalue weighted by Crippen LogP contribution is 2.30. The maximum Gasteiger partial charge on any atom is 0.425 e. The molecule has 0 unspecified atom stereocenters. The SMILES string of the molecule is Cc1cc(CN2CCN(C(=O)O[C@H](C)C(F)(F)F)[C@@H](I)C2)c(C)c(Nc2nnc([C@H]3NCC[C@H]3O)o2)c1. The summed E-state index contributed by atoms with van der Waals surface area (Å²) in [6, 6.07) is 3.89. The standard InChI is InChI=1S/C23H30F3IN6O4/c1-12-8-15(10-32-6-7-33(18(27)11-32)22(35)36-14(3)23(24,25)26)13(2)16(9-12)29-21-31-30-20(37-21)19-17(34)4-5-28-19/h8-9,14,17-19,28,34H,4-7,10-11H2,1-3H3,(H,29,31)/t14-,17-,18-,19+/m1/s1. The maximum absolute atomic E-state index is 12.8. The van der Waals surface area contributed by atoms with Crippen LogP contribution in [0.25, 0.3) is 0 Å². The van der Waals surface area contributed by atoms with Crippen LogP contribution in [0.4, 0.5) is 29.7 Å². The first-order valence-electron chi connectivity index (χ1n) is 11.9. The molecule has 2 aliphatic heterocycles. The van der Waals surface area contributed by atoms with Gasteiger partial charge in [0, 0.05) is 31.9 Å². The smallest absolute Gasteiger partial charge is 0.425 e. The summed E-state index contributed by atoms with van der Waals surface area (Å²) in [5.41, 5.74) is 3.86. The Bertz CT molecular complexity index is 1120. The monoisotopic (exact) mass is 638 g/mol. The molecule has 0 radical (unpaired) electrons. The molecule has 14 heteroatoms. The van der Waals surface area contributed by atoms with Gasteiger partial charge in [0.15, 0.2) is 6.10 Å². The molecule has 2 aliphatic rings. The number of halogens is 4. The molecule has 0 aliphatic carbocycles. The summed E-state index contributed by atoms with van der Waals surface area (Å²) in [5.74, 6) is 0.326. The fourth-order valence-electron chi connectivity index (χ4n) is 4.36. The van der Waals surface area contributed by atoms with Crippen molar-refractivity contribution in [3.05, 3.63) is 34.7 Å². The summed E-state index contributed by atoms with van der Waals surface area (Å²) >= 11 is 2.06. The Balaban J connectivity index is 1.39. The van der Waals surface area contributed by atoms with E-state index in [0.29, 0.717) is 38.5 Å². The summed E-state index contributed by atoms with van der Waals surface area (Å²) in [6.07, 6.45) is -7.66. The van der Waals surface area contributed by atoms with Gasteiger partial charge in [0.25, 0.3) is 0 Å². The van der Waals surface area contributed by atoms with Gasteiger partial charge in [-0.2, -0.15) is 13.2 Å². The zero-order valence-electron chi connectivity index (χ0n) is 20.7. The van der Waals surface area contributed by atoms with E-state index in [1.165, 1.54) is 4.90 Å². The van der Waals surface area contributed by atoms with Crippen molar-refractivity contribution in [1.29, 1.82) is 0 Å². The van der Waals surface area contributed by atoms with Crippen molar-refractivity contribution >= 4 is 40.4 Å². The van der Waals surface area contributed by atoms with E-state index < -0.39 is 24.5 Å². The fourth-order valence-corrected chi connectivity index (χ4v) is 5.43. The van der Waals surface area contributed by atoms with E-state index in [1.807, 2.05) is 19.9 Å². The Labute approximate surface area is 226 Å². The molecule has 2 aromatic rings. The van der Waals surface area contributed by atoms with Gasteiger partial charge in [-0.1, -0.05) is 33.8 Å². The molecule has 2 fully saturated rings. The lowest BCUT2D eigenvalue weighted by molar-refractivity contribution is -0.200. The molecule has 204 valence electrons. The largest absolute Gasteiger partial charge is 0.437 e. The molecular formula is C23H30F3IN6O4. The minimum absolute atomic E-state index is 0.225. The van der Waals surface area contributed by atoms with E-state index in [-0.39, 0.29) is 22.6 Å². The van der Waals surface area contributed by atoms with Crippen LogP contribution in [0.3, 0.4) is 0 Å². The van der Waals surface area contributed by atoms with Crippen molar-refractivity contribution in [2.45, 2.75) is 62.2 Å². The highest BCUT2D eigenvalue weighted by molar-refractivity contribution is 14.1. The summed E-state index contributed by atoms with van der Waals surface area (Å²) in [5, 5.41) is 24.5. The minimum atomic E-state index is -4.59. The second-order valence-electron chi connectivity index (χ2n) is 9.39. The number of aliphatic hydroxyl groups excluding tert-OH is 1.